The van der Waals surface area contributed by atoms with Gasteiger partial charge >= 0.3 is 0 Å². The van der Waals surface area contributed by atoms with Gasteiger partial charge in [-0.05, 0) is 45.3 Å². The average Bonchev–Trinajstić information content (AvgIpc) is 2.52. The van der Waals surface area contributed by atoms with Crippen molar-refractivity contribution in [1.82, 2.24) is 4.98 Å². The van der Waals surface area contributed by atoms with Crippen molar-refractivity contribution < 1.29 is 9.84 Å². The number of hydrogen-bond donors (Lipinski definition) is 2. The molecule has 0 amide bonds. The van der Waals surface area contributed by atoms with Crippen molar-refractivity contribution in [2.45, 2.75) is 0 Å². The molecule has 0 aliphatic heterocycles. The number of halogens is 1. The normalized spacial score (nSPS) is 10.8. The predicted octanol–water partition coefficient (Wildman–Crippen LogP) is 3.43. The van der Waals surface area contributed by atoms with Gasteiger partial charge in [-0.25, -0.2) is 4.98 Å². The Labute approximate surface area is 132 Å². The van der Waals surface area contributed by atoms with Crippen LogP contribution in [0.3, 0.4) is 0 Å². The van der Waals surface area contributed by atoms with E-state index in [9.17, 15) is 0 Å². The summed E-state index contributed by atoms with van der Waals surface area (Å²) in [5.41, 5.74) is 3.17. The largest absolute Gasteiger partial charge is 0.474 e. The van der Waals surface area contributed by atoms with Gasteiger partial charge in [0.1, 0.15) is 6.61 Å². The molecule has 0 aliphatic carbocycles. The van der Waals surface area contributed by atoms with Gasteiger partial charge in [0.2, 0.25) is 5.88 Å². The maximum atomic E-state index is 8.74. The van der Waals surface area contributed by atoms with Gasteiger partial charge in [-0.1, -0.05) is 24.3 Å². The van der Waals surface area contributed by atoms with Crippen molar-refractivity contribution in [3.05, 3.63) is 52.1 Å². The van der Waals surface area contributed by atoms with Crippen LogP contribution in [0.1, 0.15) is 11.1 Å². The van der Waals surface area contributed by atoms with Gasteiger partial charge in [-0.15, -0.1) is 0 Å². The van der Waals surface area contributed by atoms with E-state index in [1.165, 1.54) is 0 Å². The lowest BCUT2D eigenvalue weighted by Gasteiger charge is -2.05. The molecule has 4 nitrogen and oxygen atoms in total. The van der Waals surface area contributed by atoms with Crippen LogP contribution in [0.25, 0.3) is 12.2 Å². The third-order valence-corrected chi connectivity index (χ3v) is 3.39. The Bertz CT molecular complexity index is 612. The zero-order chi connectivity index (χ0) is 15.1. The number of aromatic nitrogens is 1. The minimum absolute atomic E-state index is 0.0294. The molecule has 5 heteroatoms. The van der Waals surface area contributed by atoms with Gasteiger partial charge in [-0.2, -0.15) is 0 Å². The molecule has 0 unspecified atom stereocenters. The summed E-state index contributed by atoms with van der Waals surface area (Å²) in [7, 11) is 1.90. The van der Waals surface area contributed by atoms with Crippen LogP contribution in [-0.4, -0.2) is 30.4 Å². The zero-order valence-electron chi connectivity index (χ0n) is 11.7. The molecular weight excluding hydrogens is 332 g/mol. The molecule has 0 bridgehead atoms. The van der Waals surface area contributed by atoms with Crippen molar-refractivity contribution in [2.24, 2.45) is 0 Å². The summed E-state index contributed by atoms with van der Waals surface area (Å²) in [6, 6.07) is 10.1. The van der Waals surface area contributed by atoms with Gasteiger partial charge in [0.15, 0.2) is 0 Å². The number of ether oxygens (including phenoxy) is 1. The highest BCUT2D eigenvalue weighted by molar-refractivity contribution is 9.10. The summed E-state index contributed by atoms with van der Waals surface area (Å²) in [5, 5.41) is 11.8. The van der Waals surface area contributed by atoms with E-state index in [0.717, 1.165) is 21.3 Å². The van der Waals surface area contributed by atoms with Gasteiger partial charge in [-0.3, -0.25) is 0 Å². The number of pyridine rings is 1. The number of benzene rings is 1. The molecule has 1 aromatic heterocycles. The van der Waals surface area contributed by atoms with E-state index in [0.29, 0.717) is 5.88 Å². The Kier molecular flexibility index (Phi) is 5.78. The number of nitrogens with zero attached hydrogens (tertiary/aromatic N) is 1. The second-order valence-corrected chi connectivity index (χ2v) is 5.19. The van der Waals surface area contributed by atoms with Crippen LogP contribution < -0.4 is 10.1 Å². The van der Waals surface area contributed by atoms with E-state index in [2.05, 4.69) is 26.2 Å². The van der Waals surface area contributed by atoms with E-state index in [4.69, 9.17) is 9.84 Å². The van der Waals surface area contributed by atoms with E-state index in [-0.39, 0.29) is 13.2 Å². The Hall–Kier alpha value is -1.85. The molecule has 0 saturated carbocycles. The van der Waals surface area contributed by atoms with Crippen LogP contribution in [-0.2, 0) is 0 Å². The fraction of sp³-hybridized carbons (Fsp3) is 0.188. The molecule has 0 aliphatic rings. The van der Waals surface area contributed by atoms with Crippen LogP contribution in [0.4, 0.5) is 5.69 Å². The average molecular weight is 349 g/mol. The highest BCUT2D eigenvalue weighted by Crippen LogP contribution is 2.24. The third kappa shape index (κ3) is 4.58. The van der Waals surface area contributed by atoms with Crippen LogP contribution in [0.2, 0.25) is 0 Å². The first-order valence-electron chi connectivity index (χ1n) is 6.58. The molecule has 0 saturated heterocycles. The number of aliphatic hydroxyl groups is 1. The highest BCUT2D eigenvalue weighted by atomic mass is 79.9. The van der Waals surface area contributed by atoms with E-state index in [1.807, 2.05) is 49.5 Å². The molecule has 2 rings (SSSR count). The number of hydrogen-bond acceptors (Lipinski definition) is 4. The molecule has 21 heavy (non-hydrogen) atoms. The van der Waals surface area contributed by atoms with Gasteiger partial charge in [0.05, 0.1) is 11.1 Å². The first kappa shape index (κ1) is 15.5. The van der Waals surface area contributed by atoms with Crippen molar-refractivity contribution in [1.29, 1.82) is 0 Å². The van der Waals surface area contributed by atoms with E-state index >= 15 is 0 Å². The number of nitrogens with one attached hydrogen (secondary N) is 1. The zero-order valence-corrected chi connectivity index (χ0v) is 13.3. The topological polar surface area (TPSA) is 54.4 Å². The molecule has 1 aromatic carbocycles. The number of anilines is 1. The van der Waals surface area contributed by atoms with Crippen molar-refractivity contribution >= 4 is 33.8 Å². The van der Waals surface area contributed by atoms with Crippen molar-refractivity contribution in [3.8, 4) is 5.88 Å². The number of rotatable bonds is 6. The SMILES string of the molecule is CNc1ccc(/C=C/c2cnc(OCCO)c(Br)c2)cc1. The van der Waals surface area contributed by atoms with Crippen LogP contribution >= 0.6 is 15.9 Å². The van der Waals surface area contributed by atoms with Crippen molar-refractivity contribution in [3.63, 3.8) is 0 Å². The Morgan fingerprint density at radius 1 is 1.24 bits per heavy atom. The molecule has 110 valence electrons. The first-order chi connectivity index (χ1) is 10.2. The molecule has 0 fully saturated rings. The second-order valence-electron chi connectivity index (χ2n) is 4.33. The predicted molar refractivity (Wildman–Crippen MR) is 89.4 cm³/mol. The maximum absolute atomic E-state index is 8.74. The molecule has 2 N–H and O–H groups in total. The Morgan fingerprint density at radius 3 is 2.57 bits per heavy atom. The van der Waals surface area contributed by atoms with Gasteiger partial charge in [0, 0.05) is 18.9 Å². The minimum atomic E-state index is -0.0294. The first-order valence-corrected chi connectivity index (χ1v) is 7.37. The Morgan fingerprint density at radius 2 is 1.95 bits per heavy atom. The van der Waals surface area contributed by atoms with Crippen molar-refractivity contribution in [2.75, 3.05) is 25.6 Å². The van der Waals surface area contributed by atoms with Crippen LogP contribution in [0.15, 0.2) is 41.0 Å². The van der Waals surface area contributed by atoms with Crippen LogP contribution in [0.5, 0.6) is 5.88 Å². The molecular formula is C16H17BrN2O2. The third-order valence-electron chi connectivity index (χ3n) is 2.83. The fourth-order valence-electron chi connectivity index (χ4n) is 1.73. The minimum Gasteiger partial charge on any atom is -0.474 e. The van der Waals surface area contributed by atoms with Gasteiger partial charge in [0.25, 0.3) is 0 Å². The summed E-state index contributed by atoms with van der Waals surface area (Å²) < 4.78 is 6.06. The monoisotopic (exact) mass is 348 g/mol. The smallest absolute Gasteiger partial charge is 0.228 e. The lowest BCUT2D eigenvalue weighted by molar-refractivity contribution is 0.196. The van der Waals surface area contributed by atoms with E-state index < -0.39 is 0 Å². The lowest BCUT2D eigenvalue weighted by atomic mass is 10.1. The van der Waals surface area contributed by atoms with E-state index in [1.54, 1.807) is 6.20 Å². The molecule has 0 atom stereocenters. The summed E-state index contributed by atoms with van der Waals surface area (Å²) in [6.45, 7) is 0.205. The summed E-state index contributed by atoms with van der Waals surface area (Å²) in [6.07, 6.45) is 5.75. The standard InChI is InChI=1S/C16H17BrN2O2/c1-18-14-6-4-12(5-7-14)2-3-13-10-15(17)16(19-11-13)21-9-8-20/h2-7,10-11,18,20H,8-9H2,1H3/b3-2+. The quantitative estimate of drug-likeness (QED) is 0.839. The summed E-state index contributed by atoms with van der Waals surface area (Å²) >= 11 is 3.41. The van der Waals surface area contributed by atoms with Crippen LogP contribution in [0, 0.1) is 0 Å². The fourth-order valence-corrected chi connectivity index (χ4v) is 2.21. The molecule has 2 aromatic rings. The highest BCUT2D eigenvalue weighted by Gasteiger charge is 2.02. The van der Waals surface area contributed by atoms with Gasteiger partial charge < -0.3 is 15.2 Å². The lowest BCUT2D eigenvalue weighted by Crippen LogP contribution is -2.03. The summed E-state index contributed by atoms with van der Waals surface area (Å²) in [4.78, 5) is 4.21. The Balaban J connectivity index is 2.07. The summed E-state index contributed by atoms with van der Waals surface area (Å²) in [5.74, 6) is 0.486. The molecule has 1 heterocycles. The second kappa shape index (κ2) is 7.81. The maximum Gasteiger partial charge on any atom is 0.228 e. The molecule has 0 radical (unpaired) electrons. The molecule has 0 spiro atoms. The number of aliphatic hydroxyl groups excluding tert-OH is 1.